The minimum absolute atomic E-state index is 0.312. The molecule has 4 atom stereocenters. The second kappa shape index (κ2) is 5.03. The average Bonchev–Trinajstić information content (AvgIpc) is 3.01. The van der Waals surface area contributed by atoms with E-state index in [1.165, 1.54) is 6.20 Å². The van der Waals surface area contributed by atoms with Gasteiger partial charge in [0.05, 0.1) is 29.1 Å². The predicted molar refractivity (Wildman–Crippen MR) is 70.4 cm³/mol. The van der Waals surface area contributed by atoms with Gasteiger partial charge in [0.15, 0.2) is 0 Å². The lowest BCUT2D eigenvalue weighted by Gasteiger charge is -2.23. The molecule has 0 spiro atoms. The van der Waals surface area contributed by atoms with E-state index in [0.717, 1.165) is 6.42 Å². The summed E-state index contributed by atoms with van der Waals surface area (Å²) in [4.78, 5) is 27.6. The molecule has 20 heavy (non-hydrogen) atoms. The molecule has 2 bridgehead atoms. The molecule has 2 fully saturated rings. The highest BCUT2D eigenvalue weighted by atomic mass is 35.5. The van der Waals surface area contributed by atoms with Crippen LogP contribution in [0.2, 0.25) is 5.02 Å². The van der Waals surface area contributed by atoms with Crippen molar-refractivity contribution in [1.82, 2.24) is 4.98 Å². The Bertz CT molecular complexity index is 548. The van der Waals surface area contributed by atoms with Crippen molar-refractivity contribution in [2.45, 2.75) is 25.0 Å². The van der Waals surface area contributed by atoms with Gasteiger partial charge in [0, 0.05) is 6.20 Å². The van der Waals surface area contributed by atoms with Crippen LogP contribution in [-0.4, -0.2) is 34.2 Å². The molecule has 6 nitrogen and oxygen atoms in total. The number of fused-ring (bicyclic) bond motifs is 2. The zero-order chi connectivity index (χ0) is 14.3. The molecule has 7 heteroatoms. The molecule has 3 rings (SSSR count). The van der Waals surface area contributed by atoms with Crippen molar-refractivity contribution in [3.05, 3.63) is 23.4 Å². The van der Waals surface area contributed by atoms with Crippen LogP contribution in [0, 0.1) is 11.8 Å². The molecular weight excluding hydrogens is 284 g/mol. The van der Waals surface area contributed by atoms with Crippen LogP contribution in [0.15, 0.2) is 18.3 Å². The van der Waals surface area contributed by atoms with E-state index in [2.05, 4.69) is 10.3 Å². The topological polar surface area (TPSA) is 88.5 Å². The first-order valence-electron chi connectivity index (χ1n) is 6.37. The fourth-order valence-corrected chi connectivity index (χ4v) is 3.10. The summed E-state index contributed by atoms with van der Waals surface area (Å²) in [5.74, 6) is -2.43. The lowest BCUT2D eigenvalue weighted by Crippen LogP contribution is -2.41. The summed E-state index contributed by atoms with van der Waals surface area (Å²) in [5.41, 5.74) is 0. The van der Waals surface area contributed by atoms with E-state index < -0.39 is 17.8 Å². The van der Waals surface area contributed by atoms with Crippen LogP contribution in [0.1, 0.15) is 12.8 Å². The first kappa shape index (κ1) is 13.3. The average molecular weight is 297 g/mol. The first-order chi connectivity index (χ1) is 9.56. The third-order valence-corrected chi connectivity index (χ3v) is 4.06. The minimum Gasteiger partial charge on any atom is -0.481 e. The summed E-state index contributed by atoms with van der Waals surface area (Å²) in [5, 5.41) is 12.4. The molecule has 4 unspecified atom stereocenters. The first-order valence-corrected chi connectivity index (χ1v) is 6.75. The number of aliphatic carboxylic acids is 1. The summed E-state index contributed by atoms with van der Waals surface area (Å²) in [7, 11) is 0. The van der Waals surface area contributed by atoms with E-state index in [9.17, 15) is 14.7 Å². The quantitative estimate of drug-likeness (QED) is 0.883. The number of hydrogen-bond donors (Lipinski definition) is 2. The maximum absolute atomic E-state index is 12.3. The van der Waals surface area contributed by atoms with Gasteiger partial charge in [0.1, 0.15) is 5.82 Å². The van der Waals surface area contributed by atoms with E-state index in [0.29, 0.717) is 17.3 Å². The van der Waals surface area contributed by atoms with Gasteiger partial charge in [-0.2, -0.15) is 0 Å². The van der Waals surface area contributed by atoms with Gasteiger partial charge in [-0.15, -0.1) is 0 Å². The molecule has 1 amide bonds. The highest BCUT2D eigenvalue weighted by molar-refractivity contribution is 6.30. The van der Waals surface area contributed by atoms with E-state index in [1.807, 2.05) is 0 Å². The fourth-order valence-electron chi connectivity index (χ4n) is 2.98. The smallest absolute Gasteiger partial charge is 0.310 e. The van der Waals surface area contributed by atoms with Gasteiger partial charge in [-0.1, -0.05) is 11.6 Å². The number of pyridine rings is 1. The number of ether oxygens (including phenoxy) is 1. The number of carboxylic acid groups (broad SMARTS) is 1. The Morgan fingerprint density at radius 3 is 2.60 bits per heavy atom. The maximum Gasteiger partial charge on any atom is 0.310 e. The molecule has 2 N–H and O–H groups in total. The number of nitrogens with one attached hydrogen (secondary N) is 1. The number of carbonyl (C=O) groups is 2. The second-order valence-corrected chi connectivity index (χ2v) is 5.47. The Labute approximate surface area is 120 Å². The number of carboxylic acids is 1. The summed E-state index contributed by atoms with van der Waals surface area (Å²) >= 11 is 5.72. The Hall–Kier alpha value is -1.66. The lowest BCUT2D eigenvalue weighted by molar-refractivity contribution is -0.147. The van der Waals surface area contributed by atoms with Crippen LogP contribution < -0.4 is 5.32 Å². The normalized spacial score (nSPS) is 31.2. The van der Waals surface area contributed by atoms with Crippen molar-refractivity contribution in [1.29, 1.82) is 0 Å². The van der Waals surface area contributed by atoms with Crippen LogP contribution in [-0.2, 0) is 14.3 Å². The van der Waals surface area contributed by atoms with Gasteiger partial charge >= 0.3 is 5.97 Å². The lowest BCUT2D eigenvalue weighted by atomic mass is 9.79. The largest absolute Gasteiger partial charge is 0.481 e. The zero-order valence-corrected chi connectivity index (χ0v) is 11.2. The molecule has 0 aromatic carbocycles. The third-order valence-electron chi connectivity index (χ3n) is 3.84. The number of hydrogen-bond acceptors (Lipinski definition) is 4. The van der Waals surface area contributed by atoms with Crippen molar-refractivity contribution < 1.29 is 19.4 Å². The van der Waals surface area contributed by atoms with E-state index >= 15 is 0 Å². The molecule has 0 saturated carbocycles. The third kappa shape index (κ3) is 2.25. The molecule has 1 aromatic rings. The standard InChI is InChI=1S/C13H13ClN2O4/c14-6-1-4-9(15-5-6)16-12(17)10-7-2-3-8(20-7)11(10)13(18)19/h1,4-5,7-8,10-11H,2-3H2,(H,18,19)(H,15,16,17). The molecule has 0 radical (unpaired) electrons. The van der Waals surface area contributed by atoms with Crippen LogP contribution in [0.25, 0.3) is 0 Å². The van der Waals surface area contributed by atoms with E-state index in [-0.39, 0.29) is 18.1 Å². The Morgan fingerprint density at radius 1 is 1.30 bits per heavy atom. The number of amides is 1. The SMILES string of the molecule is O=C(O)C1C2CCC(O2)C1C(=O)Nc1ccc(Cl)cn1. The van der Waals surface area contributed by atoms with Gasteiger partial charge in [-0.25, -0.2) is 4.98 Å². The molecule has 2 saturated heterocycles. The zero-order valence-electron chi connectivity index (χ0n) is 10.5. The van der Waals surface area contributed by atoms with Crippen molar-refractivity contribution >= 4 is 29.3 Å². The van der Waals surface area contributed by atoms with Crippen LogP contribution in [0.5, 0.6) is 0 Å². The monoisotopic (exact) mass is 296 g/mol. The van der Waals surface area contributed by atoms with E-state index in [1.54, 1.807) is 12.1 Å². The highest BCUT2D eigenvalue weighted by Gasteiger charge is 2.55. The van der Waals surface area contributed by atoms with Gasteiger partial charge in [-0.3, -0.25) is 9.59 Å². The Morgan fingerprint density at radius 2 is 2.00 bits per heavy atom. The highest BCUT2D eigenvalue weighted by Crippen LogP contribution is 2.44. The van der Waals surface area contributed by atoms with Crippen LogP contribution in [0.4, 0.5) is 5.82 Å². The number of aromatic nitrogens is 1. The van der Waals surface area contributed by atoms with E-state index in [4.69, 9.17) is 16.3 Å². The fraction of sp³-hybridized carbons (Fsp3) is 0.462. The van der Waals surface area contributed by atoms with Crippen LogP contribution in [0.3, 0.4) is 0 Å². The van der Waals surface area contributed by atoms with Crippen molar-refractivity contribution in [3.8, 4) is 0 Å². The summed E-state index contributed by atoms with van der Waals surface area (Å²) in [6, 6.07) is 3.18. The van der Waals surface area contributed by atoms with Crippen LogP contribution >= 0.6 is 11.6 Å². The predicted octanol–water partition coefficient (Wildman–Crippen LogP) is 1.55. The molecular formula is C13H13ClN2O4. The maximum atomic E-state index is 12.3. The number of carbonyl (C=O) groups excluding carboxylic acids is 1. The summed E-state index contributed by atoms with van der Waals surface area (Å²) < 4.78 is 5.55. The second-order valence-electron chi connectivity index (χ2n) is 5.03. The minimum atomic E-state index is -0.985. The van der Waals surface area contributed by atoms with Gasteiger partial charge in [0.25, 0.3) is 0 Å². The molecule has 3 heterocycles. The molecule has 2 aliphatic heterocycles. The van der Waals surface area contributed by atoms with Crippen molar-refractivity contribution in [2.75, 3.05) is 5.32 Å². The Kier molecular flexibility index (Phi) is 3.35. The molecule has 2 aliphatic rings. The number of rotatable bonds is 3. The summed E-state index contributed by atoms with van der Waals surface area (Å²) in [6.07, 6.45) is 2.17. The Balaban J connectivity index is 1.76. The number of halogens is 1. The molecule has 0 aliphatic carbocycles. The van der Waals surface area contributed by atoms with Gasteiger partial charge < -0.3 is 15.2 Å². The molecule has 106 valence electrons. The summed E-state index contributed by atoms with van der Waals surface area (Å²) in [6.45, 7) is 0. The van der Waals surface area contributed by atoms with Crippen molar-refractivity contribution in [2.24, 2.45) is 11.8 Å². The number of anilines is 1. The van der Waals surface area contributed by atoms with Gasteiger partial charge in [-0.05, 0) is 25.0 Å². The van der Waals surface area contributed by atoms with Crippen molar-refractivity contribution in [3.63, 3.8) is 0 Å². The molecule has 1 aromatic heterocycles. The number of nitrogens with zero attached hydrogens (tertiary/aromatic N) is 1. The van der Waals surface area contributed by atoms with Gasteiger partial charge in [0.2, 0.25) is 5.91 Å².